The largest absolute Gasteiger partial charge is 0.458 e. The van der Waals surface area contributed by atoms with Crippen LogP contribution < -0.4 is 11.1 Å². The number of amides is 1. The summed E-state index contributed by atoms with van der Waals surface area (Å²) in [4.78, 5) is 23.4. The first-order chi connectivity index (χ1) is 8.80. The lowest BCUT2D eigenvalue weighted by Crippen LogP contribution is -2.45. The Kier molecular flexibility index (Phi) is 8.14. The SMILES string of the molecule is CCCCOC(=O)NC(CCN)C(=O)OC(C)(C)C. The number of alkyl carbamates (subject to hydrolysis) is 1. The topological polar surface area (TPSA) is 90.6 Å². The van der Waals surface area contributed by atoms with Crippen LogP contribution in [-0.2, 0) is 14.3 Å². The molecule has 0 saturated carbocycles. The van der Waals surface area contributed by atoms with Crippen molar-refractivity contribution in [3.63, 3.8) is 0 Å². The van der Waals surface area contributed by atoms with Crippen molar-refractivity contribution in [3.8, 4) is 0 Å². The number of unbranched alkanes of at least 4 members (excludes halogenated alkanes) is 1. The fourth-order valence-corrected chi connectivity index (χ4v) is 1.28. The number of hydrogen-bond donors (Lipinski definition) is 2. The summed E-state index contributed by atoms with van der Waals surface area (Å²) in [5.74, 6) is -0.495. The second-order valence-electron chi connectivity index (χ2n) is 5.30. The van der Waals surface area contributed by atoms with E-state index in [1.807, 2.05) is 6.92 Å². The van der Waals surface area contributed by atoms with Gasteiger partial charge in [0, 0.05) is 0 Å². The number of nitrogens with one attached hydrogen (secondary N) is 1. The molecule has 0 radical (unpaired) electrons. The summed E-state index contributed by atoms with van der Waals surface area (Å²) in [5, 5.41) is 2.48. The van der Waals surface area contributed by atoms with E-state index in [1.165, 1.54) is 0 Å². The van der Waals surface area contributed by atoms with Crippen LogP contribution in [0.3, 0.4) is 0 Å². The lowest BCUT2D eigenvalue weighted by Gasteiger charge is -2.24. The van der Waals surface area contributed by atoms with Crippen LogP contribution >= 0.6 is 0 Å². The van der Waals surface area contributed by atoms with Gasteiger partial charge in [0.2, 0.25) is 0 Å². The van der Waals surface area contributed by atoms with Gasteiger partial charge in [0.25, 0.3) is 0 Å². The number of carbonyl (C=O) groups excluding carboxylic acids is 2. The number of esters is 1. The monoisotopic (exact) mass is 274 g/mol. The molecule has 0 aliphatic rings. The number of hydrogen-bond acceptors (Lipinski definition) is 5. The summed E-state index contributed by atoms with van der Waals surface area (Å²) in [7, 11) is 0. The Labute approximate surface area is 115 Å². The van der Waals surface area contributed by atoms with E-state index in [9.17, 15) is 9.59 Å². The molecule has 0 aliphatic carbocycles. The molecule has 3 N–H and O–H groups in total. The fourth-order valence-electron chi connectivity index (χ4n) is 1.28. The summed E-state index contributed by atoms with van der Waals surface area (Å²) in [6.45, 7) is 7.92. The van der Waals surface area contributed by atoms with Crippen molar-refractivity contribution in [1.29, 1.82) is 0 Å². The molecule has 19 heavy (non-hydrogen) atoms. The summed E-state index contributed by atoms with van der Waals surface area (Å²) in [5.41, 5.74) is 4.83. The molecule has 0 rings (SSSR count). The molecule has 0 aromatic heterocycles. The van der Waals surface area contributed by atoms with Gasteiger partial charge in [-0.15, -0.1) is 0 Å². The van der Waals surface area contributed by atoms with E-state index >= 15 is 0 Å². The molecule has 0 bridgehead atoms. The van der Waals surface area contributed by atoms with Gasteiger partial charge < -0.3 is 20.5 Å². The average molecular weight is 274 g/mol. The molecule has 6 nitrogen and oxygen atoms in total. The summed E-state index contributed by atoms with van der Waals surface area (Å²) in [6.07, 6.45) is 1.43. The highest BCUT2D eigenvalue weighted by molar-refractivity contribution is 5.81. The molecule has 112 valence electrons. The van der Waals surface area contributed by atoms with Crippen molar-refractivity contribution in [2.45, 2.75) is 58.6 Å². The zero-order chi connectivity index (χ0) is 14.9. The third-order valence-corrected chi connectivity index (χ3v) is 2.17. The average Bonchev–Trinajstić information content (AvgIpc) is 2.26. The van der Waals surface area contributed by atoms with Gasteiger partial charge in [-0.1, -0.05) is 13.3 Å². The normalized spacial score (nSPS) is 12.7. The van der Waals surface area contributed by atoms with Crippen LogP contribution in [0.25, 0.3) is 0 Å². The Morgan fingerprint density at radius 2 is 1.95 bits per heavy atom. The van der Waals surface area contributed by atoms with Crippen molar-refractivity contribution in [2.75, 3.05) is 13.2 Å². The van der Waals surface area contributed by atoms with E-state index in [1.54, 1.807) is 20.8 Å². The maximum Gasteiger partial charge on any atom is 0.407 e. The molecule has 0 aliphatic heterocycles. The van der Waals surface area contributed by atoms with Crippen LogP contribution in [-0.4, -0.2) is 36.9 Å². The minimum Gasteiger partial charge on any atom is -0.458 e. The molecule has 0 saturated heterocycles. The molecule has 0 heterocycles. The Bertz CT molecular complexity index is 287. The van der Waals surface area contributed by atoms with E-state index in [2.05, 4.69) is 5.32 Å². The molecule has 1 unspecified atom stereocenters. The van der Waals surface area contributed by atoms with Gasteiger partial charge in [0.05, 0.1) is 6.61 Å². The van der Waals surface area contributed by atoms with Crippen molar-refractivity contribution in [2.24, 2.45) is 5.73 Å². The Hall–Kier alpha value is -1.30. The molecule has 0 aromatic rings. The van der Waals surface area contributed by atoms with Gasteiger partial charge in [0.15, 0.2) is 0 Å². The molecular formula is C13H26N2O4. The Balaban J connectivity index is 4.31. The van der Waals surface area contributed by atoms with Crippen LogP contribution in [0.4, 0.5) is 4.79 Å². The molecule has 1 atom stereocenters. The quantitative estimate of drug-likeness (QED) is 0.543. The van der Waals surface area contributed by atoms with Crippen LogP contribution in [0.5, 0.6) is 0 Å². The first-order valence-corrected chi connectivity index (χ1v) is 6.66. The number of carbonyl (C=O) groups is 2. The molecule has 6 heteroatoms. The maximum absolute atomic E-state index is 11.9. The molecular weight excluding hydrogens is 248 g/mol. The smallest absolute Gasteiger partial charge is 0.407 e. The maximum atomic E-state index is 11.9. The van der Waals surface area contributed by atoms with Gasteiger partial charge >= 0.3 is 12.1 Å². The van der Waals surface area contributed by atoms with Gasteiger partial charge in [0.1, 0.15) is 11.6 Å². The lowest BCUT2D eigenvalue weighted by atomic mass is 10.1. The highest BCUT2D eigenvalue weighted by Crippen LogP contribution is 2.09. The highest BCUT2D eigenvalue weighted by Gasteiger charge is 2.26. The fraction of sp³-hybridized carbons (Fsp3) is 0.846. The highest BCUT2D eigenvalue weighted by atomic mass is 16.6. The predicted octanol–water partition coefficient (Wildman–Crippen LogP) is 1.57. The van der Waals surface area contributed by atoms with Crippen LogP contribution in [0.2, 0.25) is 0 Å². The van der Waals surface area contributed by atoms with Crippen molar-refractivity contribution in [1.82, 2.24) is 5.32 Å². The molecule has 0 spiro atoms. The number of rotatable bonds is 7. The van der Waals surface area contributed by atoms with E-state index in [0.717, 1.165) is 12.8 Å². The van der Waals surface area contributed by atoms with E-state index < -0.39 is 23.7 Å². The zero-order valence-electron chi connectivity index (χ0n) is 12.3. The molecule has 0 fully saturated rings. The van der Waals surface area contributed by atoms with Gasteiger partial charge in [-0.25, -0.2) is 9.59 Å². The van der Waals surface area contributed by atoms with Crippen molar-refractivity contribution in [3.05, 3.63) is 0 Å². The van der Waals surface area contributed by atoms with Gasteiger partial charge in [-0.3, -0.25) is 0 Å². The molecule has 0 aromatic carbocycles. The molecule has 1 amide bonds. The first kappa shape index (κ1) is 17.7. The summed E-state index contributed by atoms with van der Waals surface area (Å²) < 4.78 is 10.2. The number of ether oxygens (including phenoxy) is 2. The second kappa shape index (κ2) is 8.74. The van der Waals surface area contributed by atoms with Crippen LogP contribution in [0.15, 0.2) is 0 Å². The standard InChI is InChI=1S/C13H26N2O4/c1-5-6-9-18-12(17)15-10(7-8-14)11(16)19-13(2,3)4/h10H,5-9,14H2,1-4H3,(H,15,17). The third-order valence-electron chi connectivity index (χ3n) is 2.17. The van der Waals surface area contributed by atoms with E-state index in [0.29, 0.717) is 13.0 Å². The third kappa shape index (κ3) is 9.30. The first-order valence-electron chi connectivity index (χ1n) is 6.66. The number of nitrogens with two attached hydrogens (primary N) is 1. The van der Waals surface area contributed by atoms with Gasteiger partial charge in [-0.05, 0) is 40.2 Å². The van der Waals surface area contributed by atoms with Gasteiger partial charge in [-0.2, -0.15) is 0 Å². The van der Waals surface area contributed by atoms with Crippen molar-refractivity contribution < 1.29 is 19.1 Å². The van der Waals surface area contributed by atoms with E-state index in [-0.39, 0.29) is 6.54 Å². The summed E-state index contributed by atoms with van der Waals surface area (Å²) >= 11 is 0. The minimum atomic E-state index is -0.765. The predicted molar refractivity (Wildman–Crippen MR) is 72.7 cm³/mol. The Morgan fingerprint density at radius 3 is 2.42 bits per heavy atom. The minimum absolute atomic E-state index is 0.277. The Morgan fingerprint density at radius 1 is 1.32 bits per heavy atom. The second-order valence-corrected chi connectivity index (χ2v) is 5.30. The van der Waals surface area contributed by atoms with Crippen LogP contribution in [0.1, 0.15) is 47.0 Å². The van der Waals surface area contributed by atoms with Crippen molar-refractivity contribution >= 4 is 12.1 Å². The summed E-state index contributed by atoms with van der Waals surface area (Å²) in [6, 6.07) is -0.765. The lowest BCUT2D eigenvalue weighted by molar-refractivity contribution is -0.157. The van der Waals surface area contributed by atoms with Crippen LogP contribution in [0, 0.1) is 0 Å². The zero-order valence-corrected chi connectivity index (χ0v) is 12.3. The van der Waals surface area contributed by atoms with E-state index in [4.69, 9.17) is 15.2 Å².